The highest BCUT2D eigenvalue weighted by Crippen LogP contribution is 2.30. The number of benzene rings is 1. The van der Waals surface area contributed by atoms with Crippen LogP contribution in [0.1, 0.15) is 30.7 Å². The fraction of sp³-hybridized carbons (Fsp3) is 0.458. The second-order valence-electron chi connectivity index (χ2n) is 8.78. The molecule has 0 fully saturated rings. The van der Waals surface area contributed by atoms with Crippen molar-refractivity contribution in [2.75, 3.05) is 31.6 Å². The van der Waals surface area contributed by atoms with Crippen molar-refractivity contribution in [3.63, 3.8) is 0 Å². The molecular weight excluding hydrogens is 452 g/mol. The Balaban J connectivity index is 1.73. The van der Waals surface area contributed by atoms with Gasteiger partial charge in [0.25, 0.3) is 5.89 Å². The van der Waals surface area contributed by atoms with Crippen LogP contribution in [0.2, 0.25) is 0 Å². The summed E-state index contributed by atoms with van der Waals surface area (Å²) in [5.74, 6) is 1.74. The van der Waals surface area contributed by atoms with E-state index in [-0.39, 0.29) is 13.2 Å². The molecule has 0 unspecified atom stereocenters. The van der Waals surface area contributed by atoms with Crippen molar-refractivity contribution in [3.05, 3.63) is 35.0 Å². The molecule has 2 heterocycles. The molecule has 188 valence electrons. The van der Waals surface area contributed by atoms with E-state index < -0.39 is 18.6 Å². The number of nitrogens with zero attached hydrogens (tertiary/aromatic N) is 4. The molecule has 0 aliphatic heterocycles. The third-order valence-corrected chi connectivity index (χ3v) is 4.98. The van der Waals surface area contributed by atoms with Gasteiger partial charge in [0.1, 0.15) is 30.8 Å². The molecule has 3 rings (SSSR count). The first kappa shape index (κ1) is 26.0. The lowest BCUT2D eigenvalue weighted by Crippen LogP contribution is -2.36. The number of aryl methyl sites for hydroxylation is 3. The van der Waals surface area contributed by atoms with Crippen LogP contribution in [0.5, 0.6) is 5.75 Å². The summed E-state index contributed by atoms with van der Waals surface area (Å²) in [6.07, 6.45) is -0.917. The molecule has 0 spiro atoms. The maximum atomic E-state index is 11.1. The summed E-state index contributed by atoms with van der Waals surface area (Å²) in [4.78, 5) is 24.5. The van der Waals surface area contributed by atoms with Crippen LogP contribution < -0.4 is 15.4 Å². The highest BCUT2D eigenvalue weighted by Gasteiger charge is 2.17. The molecule has 1 aromatic carbocycles. The molecule has 0 saturated carbocycles. The Labute approximate surface area is 204 Å². The van der Waals surface area contributed by atoms with Gasteiger partial charge in [-0.1, -0.05) is 19.0 Å². The second kappa shape index (κ2) is 11.7. The molecule has 0 bridgehead atoms. The van der Waals surface area contributed by atoms with Gasteiger partial charge in [-0.2, -0.15) is 4.98 Å². The largest absolute Gasteiger partial charge is 0.490 e. The van der Waals surface area contributed by atoms with Crippen LogP contribution in [0.3, 0.4) is 0 Å². The van der Waals surface area contributed by atoms with Gasteiger partial charge < -0.3 is 30.1 Å². The molecule has 4 N–H and O–H groups in total. The van der Waals surface area contributed by atoms with Crippen molar-refractivity contribution < 1.29 is 24.3 Å². The summed E-state index contributed by atoms with van der Waals surface area (Å²) in [6, 6.07) is 5.54. The molecule has 2 aromatic heterocycles. The summed E-state index contributed by atoms with van der Waals surface area (Å²) in [5.41, 5.74) is 3.74. The van der Waals surface area contributed by atoms with E-state index in [2.05, 4.69) is 44.6 Å². The van der Waals surface area contributed by atoms with Gasteiger partial charge in [-0.25, -0.2) is 9.97 Å². The zero-order valence-corrected chi connectivity index (χ0v) is 20.6. The zero-order chi connectivity index (χ0) is 25.5. The number of aliphatic hydroxyl groups is 2. The lowest BCUT2D eigenvalue weighted by atomic mass is 10.1. The van der Waals surface area contributed by atoms with Crippen LogP contribution >= 0.6 is 0 Å². The molecule has 3 aromatic rings. The van der Waals surface area contributed by atoms with Gasteiger partial charge in [0, 0.05) is 24.3 Å². The molecule has 11 nitrogen and oxygen atoms in total. The van der Waals surface area contributed by atoms with E-state index in [0.717, 1.165) is 28.9 Å². The topological polar surface area (TPSA) is 156 Å². The Morgan fingerprint density at radius 2 is 1.80 bits per heavy atom. The van der Waals surface area contributed by atoms with Crippen molar-refractivity contribution in [2.45, 2.75) is 40.7 Å². The van der Waals surface area contributed by atoms with Crippen LogP contribution in [-0.2, 0) is 4.79 Å². The smallest absolute Gasteiger partial charge is 0.277 e. The van der Waals surface area contributed by atoms with Crippen LogP contribution in [0.4, 0.5) is 5.95 Å². The zero-order valence-electron chi connectivity index (χ0n) is 20.6. The highest BCUT2D eigenvalue weighted by atomic mass is 16.5. The number of ether oxygens (including phenoxy) is 1. The van der Waals surface area contributed by atoms with Crippen molar-refractivity contribution in [1.82, 2.24) is 25.4 Å². The van der Waals surface area contributed by atoms with Gasteiger partial charge in [0.05, 0.1) is 0 Å². The van der Waals surface area contributed by atoms with Crippen LogP contribution in [-0.4, -0.2) is 68.6 Å². The first-order chi connectivity index (χ1) is 16.7. The number of nitrogens with one attached hydrogen (secondary N) is 2. The fourth-order valence-corrected chi connectivity index (χ4v) is 3.33. The maximum Gasteiger partial charge on any atom is 0.277 e. The Morgan fingerprint density at radius 1 is 1.09 bits per heavy atom. The lowest BCUT2D eigenvalue weighted by Gasteiger charge is -2.16. The van der Waals surface area contributed by atoms with Crippen LogP contribution in [0.25, 0.3) is 23.0 Å². The molecule has 1 amide bonds. The SMILES string of the molecule is Cc1cc(-c2nc(-c3cc(C)c(OC[C@@H](O)CNC(=O)CO)c(C)c3)no2)nc(NCC(C)C)n1. The molecule has 1 atom stereocenters. The van der Waals surface area contributed by atoms with E-state index in [4.69, 9.17) is 14.4 Å². The normalized spacial score (nSPS) is 12.0. The average molecular weight is 485 g/mol. The van der Waals surface area contributed by atoms with Gasteiger partial charge in [-0.05, 0) is 56.0 Å². The Bertz CT molecular complexity index is 1140. The van der Waals surface area contributed by atoms with Crippen LogP contribution in [0, 0.1) is 26.7 Å². The minimum absolute atomic E-state index is 0.0145. The summed E-state index contributed by atoms with van der Waals surface area (Å²) in [6.45, 7) is 9.95. The van der Waals surface area contributed by atoms with E-state index >= 15 is 0 Å². The summed E-state index contributed by atoms with van der Waals surface area (Å²) < 4.78 is 11.3. The quantitative estimate of drug-likeness (QED) is 0.318. The summed E-state index contributed by atoms with van der Waals surface area (Å²) in [7, 11) is 0. The predicted octanol–water partition coefficient (Wildman–Crippen LogP) is 2.03. The minimum atomic E-state index is -0.917. The summed E-state index contributed by atoms with van der Waals surface area (Å²) in [5, 5.41) is 28.5. The average Bonchev–Trinajstić information content (AvgIpc) is 3.30. The van der Waals surface area contributed by atoms with Gasteiger partial charge in [-0.15, -0.1) is 0 Å². The Morgan fingerprint density at radius 3 is 2.46 bits per heavy atom. The van der Waals surface area contributed by atoms with Crippen molar-refractivity contribution in [1.29, 1.82) is 0 Å². The van der Waals surface area contributed by atoms with Crippen molar-refractivity contribution >= 4 is 11.9 Å². The number of aromatic nitrogens is 4. The monoisotopic (exact) mass is 484 g/mol. The number of hydrogen-bond donors (Lipinski definition) is 4. The Kier molecular flexibility index (Phi) is 8.72. The molecule has 35 heavy (non-hydrogen) atoms. The van der Waals surface area contributed by atoms with E-state index in [9.17, 15) is 9.90 Å². The minimum Gasteiger partial charge on any atom is -0.490 e. The number of carbonyl (C=O) groups excluding carboxylic acids is 1. The van der Waals surface area contributed by atoms with Crippen LogP contribution in [0.15, 0.2) is 22.7 Å². The number of aliphatic hydroxyl groups excluding tert-OH is 2. The molecule has 0 aliphatic carbocycles. The van der Waals surface area contributed by atoms with Gasteiger partial charge in [-0.3, -0.25) is 4.79 Å². The third kappa shape index (κ3) is 7.20. The van der Waals surface area contributed by atoms with Crippen molar-refractivity contribution in [2.24, 2.45) is 5.92 Å². The molecule has 11 heteroatoms. The fourth-order valence-electron chi connectivity index (χ4n) is 3.33. The van der Waals surface area contributed by atoms with Gasteiger partial charge in [0.2, 0.25) is 17.7 Å². The van der Waals surface area contributed by atoms with E-state index in [0.29, 0.717) is 35.0 Å². The van der Waals surface area contributed by atoms with Gasteiger partial charge >= 0.3 is 0 Å². The third-order valence-electron chi connectivity index (χ3n) is 4.98. The number of hydrogen-bond acceptors (Lipinski definition) is 10. The molecular formula is C24H32N6O5. The highest BCUT2D eigenvalue weighted by molar-refractivity contribution is 5.76. The number of amides is 1. The van der Waals surface area contributed by atoms with E-state index in [1.807, 2.05) is 32.9 Å². The maximum absolute atomic E-state index is 11.1. The molecule has 0 saturated heterocycles. The standard InChI is InChI=1S/C24H32N6O5/c1-13(2)9-26-24-27-16(5)8-19(28-24)23-29-22(30-35-23)17-6-14(3)21(15(4)7-17)34-12-18(32)10-25-20(33)11-31/h6-8,13,18,31-32H,9-12H2,1-5H3,(H,25,33)(H,26,27,28)/t18-/m0/s1. The number of rotatable bonds is 11. The molecule has 0 radical (unpaired) electrons. The first-order valence-electron chi connectivity index (χ1n) is 11.4. The summed E-state index contributed by atoms with van der Waals surface area (Å²) >= 11 is 0. The second-order valence-corrected chi connectivity index (χ2v) is 8.78. The van der Waals surface area contributed by atoms with E-state index in [1.165, 1.54) is 0 Å². The lowest BCUT2D eigenvalue weighted by molar-refractivity contribution is -0.124. The van der Waals surface area contributed by atoms with Crippen molar-refractivity contribution in [3.8, 4) is 28.7 Å². The number of carbonyl (C=O) groups is 1. The molecule has 0 aliphatic rings. The van der Waals surface area contributed by atoms with E-state index in [1.54, 1.807) is 6.07 Å². The predicted molar refractivity (Wildman–Crippen MR) is 130 cm³/mol. The van der Waals surface area contributed by atoms with Gasteiger partial charge in [0.15, 0.2) is 0 Å². The first-order valence-corrected chi connectivity index (χ1v) is 11.4. The number of anilines is 1. The Hall–Kier alpha value is -3.57.